The first-order valence-electron chi connectivity index (χ1n) is 15.3. The van der Waals surface area contributed by atoms with Crippen LogP contribution in [0.5, 0.6) is 0 Å². The van der Waals surface area contributed by atoms with Gasteiger partial charge < -0.3 is 19.9 Å². The van der Waals surface area contributed by atoms with E-state index in [1.807, 2.05) is 18.7 Å². The predicted octanol–water partition coefficient (Wildman–Crippen LogP) is 3.75. The van der Waals surface area contributed by atoms with Crippen LogP contribution < -0.4 is 10.2 Å². The standard InChI is InChI=1S/C32H40FN5O4S/c1-20(2)16-23-17-38(27-25(40)18-42-28(23)27)32(19-39,24-6-4-5-7-24)35-30(41)22-10-8-21(9-11-22)26-29(33)43-31(34-26)37-14-12-36(3)13-15-37/h8-11,16,19,23-24,27-28H,4-7,12-15,17-18H2,1-3H3,(H,35,41). The normalized spacial score (nSPS) is 26.4. The van der Waals surface area contributed by atoms with E-state index in [0.717, 1.165) is 75.1 Å². The van der Waals surface area contributed by atoms with Crippen molar-refractivity contribution in [2.75, 3.05) is 51.3 Å². The Bertz CT molecular complexity index is 1390. The van der Waals surface area contributed by atoms with Gasteiger partial charge in [0.05, 0.1) is 6.10 Å². The number of hydrogen-bond acceptors (Lipinski definition) is 9. The summed E-state index contributed by atoms with van der Waals surface area (Å²) in [5.74, 6) is -0.637. The van der Waals surface area contributed by atoms with Crippen LogP contribution in [0.3, 0.4) is 0 Å². The molecule has 4 heterocycles. The number of nitrogens with zero attached hydrogens (tertiary/aromatic N) is 4. The Morgan fingerprint density at radius 3 is 2.49 bits per heavy atom. The molecule has 1 amide bonds. The van der Waals surface area contributed by atoms with E-state index in [2.05, 4.69) is 33.2 Å². The minimum absolute atomic E-state index is 0.0116. The van der Waals surface area contributed by atoms with Crippen LogP contribution in [-0.2, 0) is 14.3 Å². The van der Waals surface area contributed by atoms with Gasteiger partial charge in [0.2, 0.25) is 5.13 Å². The van der Waals surface area contributed by atoms with E-state index in [0.29, 0.717) is 22.8 Å². The summed E-state index contributed by atoms with van der Waals surface area (Å²) >= 11 is 1.04. The van der Waals surface area contributed by atoms with Gasteiger partial charge in [0.25, 0.3) is 5.91 Å². The molecule has 0 radical (unpaired) electrons. The van der Waals surface area contributed by atoms with Crippen molar-refractivity contribution in [1.29, 1.82) is 0 Å². The summed E-state index contributed by atoms with van der Waals surface area (Å²) in [4.78, 5) is 50.9. The van der Waals surface area contributed by atoms with E-state index in [1.54, 1.807) is 24.3 Å². The molecular weight excluding hydrogens is 569 g/mol. The molecule has 1 aliphatic carbocycles. The zero-order valence-corrected chi connectivity index (χ0v) is 25.9. The first-order chi connectivity index (χ1) is 20.7. The fraction of sp³-hybridized carbons (Fsp3) is 0.562. The maximum absolute atomic E-state index is 15.0. The summed E-state index contributed by atoms with van der Waals surface area (Å²) in [6.07, 6.45) is 6.09. The van der Waals surface area contributed by atoms with Crippen LogP contribution in [0.25, 0.3) is 11.3 Å². The quantitative estimate of drug-likeness (QED) is 0.357. The number of benzene rings is 1. The van der Waals surface area contributed by atoms with Crippen molar-refractivity contribution >= 4 is 34.4 Å². The maximum atomic E-state index is 15.0. The number of Topliss-reactive ketones (excluding diaryl/α,β-unsaturated/α-hetero) is 1. The number of thiazole rings is 1. The van der Waals surface area contributed by atoms with Crippen molar-refractivity contribution in [3.05, 3.63) is 46.6 Å². The first kappa shape index (κ1) is 30.1. The zero-order valence-electron chi connectivity index (χ0n) is 25.1. The topological polar surface area (TPSA) is 95.1 Å². The molecule has 6 rings (SSSR count). The van der Waals surface area contributed by atoms with Crippen molar-refractivity contribution in [3.63, 3.8) is 0 Å². The highest BCUT2D eigenvalue weighted by Crippen LogP contribution is 2.43. The average molecular weight is 610 g/mol. The number of carbonyl (C=O) groups is 3. The third-order valence-corrected chi connectivity index (χ3v) is 10.4. The van der Waals surface area contributed by atoms with Crippen molar-refractivity contribution in [3.8, 4) is 11.3 Å². The first-order valence-corrected chi connectivity index (χ1v) is 16.1. The number of amides is 1. The molecular formula is C32H40FN5O4S. The summed E-state index contributed by atoms with van der Waals surface area (Å²) in [5.41, 5.74) is 0.994. The summed E-state index contributed by atoms with van der Waals surface area (Å²) in [7, 11) is 2.07. The Hall–Kier alpha value is -2.99. The highest BCUT2D eigenvalue weighted by Gasteiger charge is 2.59. The monoisotopic (exact) mass is 609 g/mol. The van der Waals surface area contributed by atoms with Crippen LogP contribution in [0.15, 0.2) is 35.9 Å². The lowest BCUT2D eigenvalue weighted by atomic mass is 9.88. The largest absolute Gasteiger partial charge is 0.368 e. The van der Waals surface area contributed by atoms with Crippen molar-refractivity contribution in [1.82, 2.24) is 20.1 Å². The molecule has 0 spiro atoms. The van der Waals surface area contributed by atoms with Gasteiger partial charge >= 0.3 is 0 Å². The van der Waals surface area contributed by atoms with Gasteiger partial charge in [0, 0.05) is 55.7 Å². The second kappa shape index (κ2) is 12.2. The van der Waals surface area contributed by atoms with Gasteiger partial charge in [-0.1, -0.05) is 48.0 Å². The number of aromatic nitrogens is 1. The Labute approximate surface area is 256 Å². The number of anilines is 1. The molecule has 4 fully saturated rings. The number of fused-ring (bicyclic) bond motifs is 1. The smallest absolute Gasteiger partial charge is 0.253 e. The number of nitrogens with one attached hydrogen (secondary N) is 1. The number of piperazine rings is 1. The van der Waals surface area contributed by atoms with Crippen molar-refractivity contribution in [2.24, 2.45) is 11.8 Å². The van der Waals surface area contributed by atoms with Crippen molar-refractivity contribution in [2.45, 2.75) is 57.3 Å². The molecule has 1 saturated carbocycles. The lowest BCUT2D eigenvalue weighted by Gasteiger charge is -2.44. The second-order valence-electron chi connectivity index (χ2n) is 12.6. The number of aldehydes is 1. The number of ether oxygens (including phenoxy) is 1. The molecule has 2 aromatic rings. The fourth-order valence-corrected chi connectivity index (χ4v) is 8.12. The van der Waals surface area contributed by atoms with Crippen LogP contribution in [0.1, 0.15) is 49.9 Å². The third-order valence-electron chi connectivity index (χ3n) is 9.49. The molecule has 3 saturated heterocycles. The van der Waals surface area contributed by atoms with E-state index < -0.39 is 17.6 Å². The Kier molecular flexibility index (Phi) is 8.52. The minimum Gasteiger partial charge on any atom is -0.368 e. The Morgan fingerprint density at radius 1 is 1.14 bits per heavy atom. The Morgan fingerprint density at radius 2 is 1.84 bits per heavy atom. The SMILES string of the molecule is CC(C)=CC1CN(C(C=O)(NC(=O)c2ccc(-c3nc(N4CCN(C)CC4)sc3F)cc2)C2CCCC2)C2C(=O)COC12. The van der Waals surface area contributed by atoms with E-state index in [9.17, 15) is 14.4 Å². The molecule has 43 heavy (non-hydrogen) atoms. The van der Waals surface area contributed by atoms with E-state index in [-0.39, 0.29) is 41.2 Å². The molecule has 1 aromatic carbocycles. The van der Waals surface area contributed by atoms with Crippen molar-refractivity contribution < 1.29 is 23.5 Å². The number of hydrogen-bond donors (Lipinski definition) is 1. The summed E-state index contributed by atoms with van der Waals surface area (Å²) in [6, 6.07) is 6.10. The number of allylic oxidation sites excluding steroid dienone is 1. The third kappa shape index (κ3) is 5.68. The summed E-state index contributed by atoms with van der Waals surface area (Å²) in [6.45, 7) is 7.87. The molecule has 0 bridgehead atoms. The van der Waals surface area contributed by atoms with E-state index >= 15 is 4.39 Å². The number of halogens is 1. The van der Waals surface area contributed by atoms with Gasteiger partial charge in [0.15, 0.2) is 22.9 Å². The van der Waals surface area contributed by atoms with Crippen LogP contribution in [0, 0.1) is 17.0 Å². The van der Waals surface area contributed by atoms with Gasteiger partial charge in [-0.25, -0.2) is 4.98 Å². The predicted molar refractivity (Wildman–Crippen MR) is 164 cm³/mol. The van der Waals surface area contributed by atoms with Gasteiger partial charge in [-0.15, -0.1) is 0 Å². The summed E-state index contributed by atoms with van der Waals surface area (Å²) in [5, 5.41) is 3.41. The molecule has 3 aliphatic heterocycles. The average Bonchev–Trinajstić information content (AvgIpc) is 3.80. The van der Waals surface area contributed by atoms with Crippen LogP contribution in [0.4, 0.5) is 9.52 Å². The van der Waals surface area contributed by atoms with Gasteiger partial charge in [-0.3, -0.25) is 19.3 Å². The molecule has 230 valence electrons. The van der Waals surface area contributed by atoms with Crippen LogP contribution >= 0.6 is 11.3 Å². The number of likely N-dealkylation sites (tertiary alicyclic amines) is 1. The molecule has 4 atom stereocenters. The lowest BCUT2D eigenvalue weighted by molar-refractivity contribution is -0.131. The van der Waals surface area contributed by atoms with E-state index in [4.69, 9.17) is 4.74 Å². The highest BCUT2D eigenvalue weighted by molar-refractivity contribution is 7.14. The van der Waals surface area contributed by atoms with Crippen LogP contribution in [0.2, 0.25) is 0 Å². The number of likely N-dealkylation sites (N-methyl/N-ethyl adjacent to an activating group) is 1. The number of ketones is 1. The Balaban J connectivity index is 1.25. The minimum atomic E-state index is -1.33. The molecule has 1 aromatic heterocycles. The molecule has 1 N–H and O–H groups in total. The maximum Gasteiger partial charge on any atom is 0.253 e. The van der Waals surface area contributed by atoms with E-state index in [1.165, 1.54) is 0 Å². The van der Waals surface area contributed by atoms with Gasteiger partial charge in [-0.2, -0.15) is 4.39 Å². The lowest BCUT2D eigenvalue weighted by Crippen LogP contribution is -2.68. The molecule has 4 unspecified atom stereocenters. The second-order valence-corrected chi connectivity index (χ2v) is 13.5. The number of rotatable bonds is 8. The van der Waals surface area contributed by atoms with Gasteiger partial charge in [-0.05, 0) is 45.9 Å². The molecule has 11 heteroatoms. The van der Waals surface area contributed by atoms with Gasteiger partial charge in [0.1, 0.15) is 18.3 Å². The molecule has 9 nitrogen and oxygen atoms in total. The highest BCUT2D eigenvalue weighted by atomic mass is 32.1. The fourth-order valence-electron chi connectivity index (χ4n) is 7.25. The summed E-state index contributed by atoms with van der Waals surface area (Å²) < 4.78 is 20.9. The zero-order chi connectivity index (χ0) is 30.3. The van der Waals surface area contributed by atoms with Crippen LogP contribution in [-0.4, -0.2) is 96.9 Å². The number of carbonyl (C=O) groups excluding carboxylic acids is 3. The molecule has 4 aliphatic rings.